The molecule has 2 rings (SSSR count). The van der Waals surface area contributed by atoms with E-state index in [2.05, 4.69) is 11.7 Å². The number of aromatic nitrogens is 1. The largest absolute Gasteiger partial charge is 0.482 e. The molecule has 0 aliphatic rings. The number of nitrogens with zero attached hydrogens (tertiary/aromatic N) is 2. The molecule has 0 fully saturated rings. The van der Waals surface area contributed by atoms with Gasteiger partial charge in [-0.1, -0.05) is 17.3 Å². The summed E-state index contributed by atoms with van der Waals surface area (Å²) >= 11 is 0. The van der Waals surface area contributed by atoms with E-state index < -0.39 is 11.6 Å². The van der Waals surface area contributed by atoms with E-state index in [1.807, 2.05) is 6.92 Å². The fourth-order valence-electron chi connectivity index (χ4n) is 1.90. The van der Waals surface area contributed by atoms with Crippen LogP contribution in [0.4, 0.5) is 8.78 Å². The summed E-state index contributed by atoms with van der Waals surface area (Å²) in [6.07, 6.45) is 0. The zero-order chi connectivity index (χ0) is 17.0. The SMILES string of the molecule is C=C(C)CN(C)C(=O)c1cc(COc2ccc(F)cc2F)on1. The van der Waals surface area contributed by atoms with Crippen LogP contribution in [0, 0.1) is 11.6 Å². The van der Waals surface area contributed by atoms with Crippen molar-refractivity contribution in [3.05, 3.63) is 59.5 Å². The first-order valence-electron chi connectivity index (χ1n) is 6.80. The number of rotatable bonds is 6. The molecule has 0 spiro atoms. The Labute approximate surface area is 132 Å². The third-order valence-electron chi connectivity index (χ3n) is 2.90. The van der Waals surface area contributed by atoms with Gasteiger partial charge < -0.3 is 14.2 Å². The Balaban J connectivity index is 1.99. The first kappa shape index (κ1) is 16.7. The van der Waals surface area contributed by atoms with Crippen LogP contribution in [0.1, 0.15) is 23.2 Å². The maximum absolute atomic E-state index is 13.4. The normalized spacial score (nSPS) is 10.4. The third-order valence-corrected chi connectivity index (χ3v) is 2.90. The van der Waals surface area contributed by atoms with Crippen LogP contribution in [0.2, 0.25) is 0 Å². The molecule has 23 heavy (non-hydrogen) atoms. The molecule has 0 aliphatic heterocycles. The lowest BCUT2D eigenvalue weighted by Crippen LogP contribution is -2.28. The lowest BCUT2D eigenvalue weighted by atomic mass is 10.3. The van der Waals surface area contributed by atoms with Gasteiger partial charge in [0.05, 0.1) is 0 Å². The number of benzene rings is 1. The van der Waals surface area contributed by atoms with Gasteiger partial charge in [0, 0.05) is 25.7 Å². The average molecular weight is 322 g/mol. The van der Waals surface area contributed by atoms with E-state index in [-0.39, 0.29) is 29.7 Å². The monoisotopic (exact) mass is 322 g/mol. The molecule has 0 unspecified atom stereocenters. The topological polar surface area (TPSA) is 55.6 Å². The summed E-state index contributed by atoms with van der Waals surface area (Å²) in [5.74, 6) is -1.70. The summed E-state index contributed by atoms with van der Waals surface area (Å²) in [5.41, 5.74) is 0.951. The fraction of sp³-hybridized carbons (Fsp3) is 0.250. The van der Waals surface area contributed by atoms with Crippen molar-refractivity contribution in [1.29, 1.82) is 0 Å². The molecule has 1 aromatic heterocycles. The van der Waals surface area contributed by atoms with Gasteiger partial charge in [0.2, 0.25) is 0 Å². The maximum atomic E-state index is 13.4. The molecule has 0 N–H and O–H groups in total. The Hall–Kier alpha value is -2.70. The maximum Gasteiger partial charge on any atom is 0.276 e. The van der Waals surface area contributed by atoms with E-state index in [1.54, 1.807) is 7.05 Å². The summed E-state index contributed by atoms with van der Waals surface area (Å²) in [5, 5.41) is 3.66. The summed E-state index contributed by atoms with van der Waals surface area (Å²) < 4.78 is 36.4. The number of halogens is 2. The number of hydrogen-bond donors (Lipinski definition) is 0. The van der Waals surface area contributed by atoms with Crippen molar-refractivity contribution >= 4 is 5.91 Å². The molecule has 1 heterocycles. The van der Waals surface area contributed by atoms with Crippen LogP contribution in [0.3, 0.4) is 0 Å². The number of ether oxygens (including phenoxy) is 1. The highest BCUT2D eigenvalue weighted by atomic mass is 19.1. The minimum atomic E-state index is -0.818. The number of likely N-dealkylation sites (N-methyl/N-ethyl adjacent to an activating group) is 1. The Morgan fingerprint density at radius 3 is 2.78 bits per heavy atom. The minimum Gasteiger partial charge on any atom is -0.482 e. The first-order chi connectivity index (χ1) is 10.9. The molecule has 0 atom stereocenters. The van der Waals surface area contributed by atoms with Gasteiger partial charge in [-0.05, 0) is 19.1 Å². The van der Waals surface area contributed by atoms with Crippen molar-refractivity contribution in [2.24, 2.45) is 0 Å². The van der Waals surface area contributed by atoms with Gasteiger partial charge >= 0.3 is 0 Å². The second kappa shape index (κ2) is 7.04. The van der Waals surface area contributed by atoms with Gasteiger partial charge in [0.15, 0.2) is 23.0 Å². The first-order valence-corrected chi connectivity index (χ1v) is 6.80. The molecule has 0 saturated carbocycles. The third kappa shape index (κ3) is 4.38. The number of amides is 1. The Morgan fingerprint density at radius 1 is 1.39 bits per heavy atom. The predicted molar refractivity (Wildman–Crippen MR) is 79.0 cm³/mol. The van der Waals surface area contributed by atoms with Crippen LogP contribution in [-0.2, 0) is 6.61 Å². The average Bonchev–Trinajstić information content (AvgIpc) is 2.93. The van der Waals surface area contributed by atoms with Gasteiger partial charge in [0.1, 0.15) is 12.4 Å². The fourth-order valence-corrected chi connectivity index (χ4v) is 1.90. The Morgan fingerprint density at radius 2 is 2.13 bits per heavy atom. The van der Waals surface area contributed by atoms with Crippen molar-refractivity contribution in [1.82, 2.24) is 10.1 Å². The highest BCUT2D eigenvalue weighted by Crippen LogP contribution is 2.19. The second-order valence-corrected chi connectivity index (χ2v) is 5.16. The zero-order valence-corrected chi connectivity index (χ0v) is 12.8. The molecule has 0 bridgehead atoms. The Bertz CT molecular complexity index is 728. The molecule has 2 aromatic rings. The van der Waals surface area contributed by atoms with Crippen LogP contribution >= 0.6 is 0 Å². The summed E-state index contributed by atoms with van der Waals surface area (Å²) in [6, 6.07) is 4.39. The molecular formula is C16H16F2N2O3. The highest BCUT2D eigenvalue weighted by Gasteiger charge is 2.17. The van der Waals surface area contributed by atoms with Crippen molar-refractivity contribution in [3.8, 4) is 5.75 Å². The number of carbonyl (C=O) groups excluding carboxylic acids is 1. The predicted octanol–water partition coefficient (Wildman–Crippen LogP) is 3.18. The lowest BCUT2D eigenvalue weighted by Gasteiger charge is -2.14. The molecule has 122 valence electrons. The molecule has 0 saturated heterocycles. The number of carbonyl (C=O) groups is 1. The van der Waals surface area contributed by atoms with E-state index in [0.29, 0.717) is 6.54 Å². The molecule has 0 radical (unpaired) electrons. The zero-order valence-electron chi connectivity index (χ0n) is 12.8. The molecule has 5 nitrogen and oxygen atoms in total. The summed E-state index contributed by atoms with van der Waals surface area (Å²) in [4.78, 5) is 13.5. The van der Waals surface area contributed by atoms with Crippen molar-refractivity contribution in [2.75, 3.05) is 13.6 Å². The minimum absolute atomic E-state index is 0.116. The highest BCUT2D eigenvalue weighted by molar-refractivity contribution is 5.92. The molecule has 0 aliphatic carbocycles. The summed E-state index contributed by atoms with van der Waals surface area (Å²) in [7, 11) is 1.62. The van der Waals surface area contributed by atoms with Gasteiger partial charge in [-0.25, -0.2) is 8.78 Å². The van der Waals surface area contributed by atoms with E-state index in [4.69, 9.17) is 9.26 Å². The van der Waals surface area contributed by atoms with Gasteiger partial charge in [-0.3, -0.25) is 4.79 Å². The van der Waals surface area contributed by atoms with Crippen LogP contribution < -0.4 is 4.74 Å². The van der Waals surface area contributed by atoms with Crippen LogP contribution in [-0.4, -0.2) is 29.6 Å². The molecular weight excluding hydrogens is 306 g/mol. The number of hydrogen-bond acceptors (Lipinski definition) is 4. The van der Waals surface area contributed by atoms with Crippen molar-refractivity contribution in [3.63, 3.8) is 0 Å². The summed E-state index contributed by atoms with van der Waals surface area (Å²) in [6.45, 7) is 5.81. The van der Waals surface area contributed by atoms with E-state index in [9.17, 15) is 13.6 Å². The van der Waals surface area contributed by atoms with E-state index in [1.165, 1.54) is 17.0 Å². The van der Waals surface area contributed by atoms with Gasteiger partial charge in [0.25, 0.3) is 5.91 Å². The standard InChI is InChI=1S/C16H16F2N2O3/c1-10(2)8-20(3)16(21)14-7-12(23-19-14)9-22-15-5-4-11(17)6-13(15)18/h4-7H,1,8-9H2,2-3H3. The molecule has 1 aromatic carbocycles. The Kier molecular flexibility index (Phi) is 5.10. The van der Waals surface area contributed by atoms with Crippen molar-refractivity contribution in [2.45, 2.75) is 13.5 Å². The lowest BCUT2D eigenvalue weighted by molar-refractivity contribution is 0.0796. The van der Waals surface area contributed by atoms with Gasteiger partial charge in [-0.2, -0.15) is 0 Å². The second-order valence-electron chi connectivity index (χ2n) is 5.16. The molecule has 7 heteroatoms. The molecule has 1 amide bonds. The van der Waals surface area contributed by atoms with Crippen LogP contribution in [0.15, 0.2) is 40.9 Å². The van der Waals surface area contributed by atoms with E-state index in [0.717, 1.165) is 17.7 Å². The van der Waals surface area contributed by atoms with Crippen LogP contribution in [0.25, 0.3) is 0 Å². The quantitative estimate of drug-likeness (QED) is 0.767. The van der Waals surface area contributed by atoms with Crippen molar-refractivity contribution < 1.29 is 22.8 Å². The smallest absolute Gasteiger partial charge is 0.276 e. The van der Waals surface area contributed by atoms with Gasteiger partial charge in [-0.15, -0.1) is 0 Å². The van der Waals surface area contributed by atoms with Crippen LogP contribution in [0.5, 0.6) is 5.75 Å². The van der Waals surface area contributed by atoms with E-state index >= 15 is 0 Å².